The van der Waals surface area contributed by atoms with E-state index in [0.717, 1.165) is 24.8 Å². The van der Waals surface area contributed by atoms with Crippen LogP contribution in [0.3, 0.4) is 0 Å². The second-order valence-corrected chi connectivity index (χ2v) is 5.64. The number of carbonyl (C=O) groups excluding carboxylic acids is 1. The van der Waals surface area contributed by atoms with Crippen molar-refractivity contribution in [1.29, 1.82) is 0 Å². The highest BCUT2D eigenvalue weighted by atomic mass is 16.5. The molecule has 4 nitrogen and oxygen atoms in total. The summed E-state index contributed by atoms with van der Waals surface area (Å²) in [7, 11) is 0. The molecule has 1 aromatic carbocycles. The zero-order valence-corrected chi connectivity index (χ0v) is 13.6. The Hall–Kier alpha value is -1.55. The van der Waals surface area contributed by atoms with Gasteiger partial charge in [-0.15, -0.1) is 0 Å². The Kier molecular flexibility index (Phi) is 10.1. The summed E-state index contributed by atoms with van der Waals surface area (Å²) in [5, 5.41) is 12.1. The summed E-state index contributed by atoms with van der Waals surface area (Å²) >= 11 is 0. The van der Waals surface area contributed by atoms with Crippen LogP contribution in [0, 0.1) is 0 Å². The average molecular weight is 307 g/mol. The molecule has 0 saturated carbocycles. The van der Waals surface area contributed by atoms with Gasteiger partial charge in [0.05, 0.1) is 12.6 Å². The summed E-state index contributed by atoms with van der Waals surface area (Å²) in [6.07, 6.45) is 7.53. The summed E-state index contributed by atoms with van der Waals surface area (Å²) in [6.45, 7) is 2.41. The smallest absolute Gasteiger partial charge is 0.407 e. The summed E-state index contributed by atoms with van der Waals surface area (Å²) in [4.78, 5) is 11.7. The number of ether oxygens (including phenoxy) is 1. The first-order chi connectivity index (χ1) is 10.8. The number of alkyl carbamates (subject to hydrolysis) is 1. The summed E-state index contributed by atoms with van der Waals surface area (Å²) in [6, 6.07) is 9.35. The predicted octanol–water partition coefficient (Wildman–Crippen LogP) is 4.02. The number of hydrogen-bond donors (Lipinski definition) is 2. The Morgan fingerprint density at radius 3 is 2.50 bits per heavy atom. The Labute approximate surface area is 133 Å². The fraction of sp³-hybridized carbons (Fsp3) is 0.611. The van der Waals surface area contributed by atoms with Crippen molar-refractivity contribution < 1.29 is 14.6 Å². The number of hydrogen-bond acceptors (Lipinski definition) is 3. The molecular formula is C18H29NO3. The maximum absolute atomic E-state index is 11.7. The van der Waals surface area contributed by atoms with Crippen LogP contribution in [0.2, 0.25) is 0 Å². The maximum atomic E-state index is 11.7. The van der Waals surface area contributed by atoms with E-state index < -0.39 is 6.09 Å². The van der Waals surface area contributed by atoms with E-state index >= 15 is 0 Å². The molecule has 0 aliphatic rings. The second kappa shape index (κ2) is 12.0. The first-order valence-corrected chi connectivity index (χ1v) is 8.34. The van der Waals surface area contributed by atoms with Crippen LogP contribution in [0.25, 0.3) is 0 Å². The molecule has 124 valence electrons. The van der Waals surface area contributed by atoms with Crippen LogP contribution >= 0.6 is 0 Å². The van der Waals surface area contributed by atoms with Crippen LogP contribution in [0.1, 0.15) is 57.4 Å². The van der Waals surface area contributed by atoms with Gasteiger partial charge in [-0.25, -0.2) is 4.79 Å². The lowest BCUT2D eigenvalue weighted by atomic mass is 10.1. The number of carbonyl (C=O) groups is 1. The largest absolute Gasteiger partial charge is 0.445 e. The van der Waals surface area contributed by atoms with Crippen LogP contribution in [-0.2, 0) is 11.3 Å². The molecule has 0 aliphatic carbocycles. The van der Waals surface area contributed by atoms with Crippen molar-refractivity contribution in [3.63, 3.8) is 0 Å². The maximum Gasteiger partial charge on any atom is 0.407 e. The van der Waals surface area contributed by atoms with Crippen LogP contribution in [0.4, 0.5) is 4.79 Å². The molecule has 22 heavy (non-hydrogen) atoms. The molecule has 0 spiro atoms. The molecule has 4 heteroatoms. The second-order valence-electron chi connectivity index (χ2n) is 5.64. The molecule has 1 unspecified atom stereocenters. The van der Waals surface area contributed by atoms with E-state index in [4.69, 9.17) is 4.74 Å². The molecule has 0 saturated heterocycles. The molecule has 0 aliphatic heterocycles. The number of unbranched alkanes of at least 4 members (excludes halogenated alkanes) is 5. The van der Waals surface area contributed by atoms with Gasteiger partial charge in [0, 0.05) is 0 Å². The highest BCUT2D eigenvalue weighted by Crippen LogP contribution is 2.09. The Morgan fingerprint density at radius 1 is 1.14 bits per heavy atom. The lowest BCUT2D eigenvalue weighted by Crippen LogP contribution is -2.37. The summed E-state index contributed by atoms with van der Waals surface area (Å²) in [5.74, 6) is 0. The van der Waals surface area contributed by atoms with Crippen molar-refractivity contribution in [3.8, 4) is 0 Å². The van der Waals surface area contributed by atoms with Crippen LogP contribution < -0.4 is 5.32 Å². The van der Waals surface area contributed by atoms with Crippen molar-refractivity contribution in [2.24, 2.45) is 0 Å². The molecule has 1 amide bonds. The van der Waals surface area contributed by atoms with Crippen molar-refractivity contribution in [1.82, 2.24) is 5.32 Å². The van der Waals surface area contributed by atoms with E-state index in [1.807, 2.05) is 30.3 Å². The molecule has 0 heterocycles. The predicted molar refractivity (Wildman–Crippen MR) is 88.6 cm³/mol. The molecule has 0 fully saturated rings. The van der Waals surface area contributed by atoms with E-state index in [0.29, 0.717) is 0 Å². The lowest BCUT2D eigenvalue weighted by molar-refractivity contribution is 0.128. The van der Waals surface area contributed by atoms with E-state index in [1.54, 1.807) is 0 Å². The third-order valence-electron chi connectivity index (χ3n) is 3.66. The highest BCUT2D eigenvalue weighted by molar-refractivity contribution is 5.67. The zero-order chi connectivity index (χ0) is 16.0. The highest BCUT2D eigenvalue weighted by Gasteiger charge is 2.11. The number of aliphatic hydroxyl groups is 1. The normalized spacial score (nSPS) is 11.9. The summed E-state index contributed by atoms with van der Waals surface area (Å²) < 4.78 is 5.16. The van der Waals surface area contributed by atoms with Gasteiger partial charge >= 0.3 is 6.09 Å². The minimum atomic E-state index is -0.464. The molecular weight excluding hydrogens is 278 g/mol. The van der Waals surface area contributed by atoms with Gasteiger partial charge in [0.1, 0.15) is 6.61 Å². The number of aliphatic hydroxyl groups excluding tert-OH is 1. The molecule has 1 rings (SSSR count). The van der Waals surface area contributed by atoms with Gasteiger partial charge in [0.15, 0.2) is 0 Å². The van der Waals surface area contributed by atoms with Crippen LogP contribution in [0.5, 0.6) is 0 Å². The molecule has 1 atom stereocenters. The first kappa shape index (κ1) is 18.5. The number of benzene rings is 1. The molecule has 0 aromatic heterocycles. The number of rotatable bonds is 11. The Balaban J connectivity index is 2.14. The van der Waals surface area contributed by atoms with E-state index in [9.17, 15) is 9.90 Å². The monoisotopic (exact) mass is 307 g/mol. The van der Waals surface area contributed by atoms with Gasteiger partial charge in [0.25, 0.3) is 0 Å². The Morgan fingerprint density at radius 2 is 1.82 bits per heavy atom. The molecule has 2 N–H and O–H groups in total. The van der Waals surface area contributed by atoms with Crippen molar-refractivity contribution >= 4 is 6.09 Å². The minimum absolute atomic E-state index is 0.0462. The molecule has 1 aromatic rings. The fourth-order valence-corrected chi connectivity index (χ4v) is 2.31. The minimum Gasteiger partial charge on any atom is -0.445 e. The third kappa shape index (κ3) is 8.67. The van der Waals surface area contributed by atoms with Crippen LogP contribution in [0.15, 0.2) is 30.3 Å². The van der Waals surface area contributed by atoms with Gasteiger partial charge in [-0.3, -0.25) is 0 Å². The van der Waals surface area contributed by atoms with Gasteiger partial charge < -0.3 is 15.2 Å². The SMILES string of the molecule is CCCCCCCCC(CO)NC(=O)OCc1ccccc1. The van der Waals surface area contributed by atoms with E-state index in [1.165, 1.54) is 25.7 Å². The number of amides is 1. The van der Waals surface area contributed by atoms with Gasteiger partial charge in [-0.2, -0.15) is 0 Å². The molecule has 0 bridgehead atoms. The van der Waals surface area contributed by atoms with Crippen molar-refractivity contribution in [3.05, 3.63) is 35.9 Å². The first-order valence-electron chi connectivity index (χ1n) is 8.34. The van der Waals surface area contributed by atoms with E-state index in [2.05, 4.69) is 12.2 Å². The fourth-order valence-electron chi connectivity index (χ4n) is 2.31. The van der Waals surface area contributed by atoms with Gasteiger partial charge in [0.2, 0.25) is 0 Å². The van der Waals surface area contributed by atoms with Crippen molar-refractivity contribution in [2.45, 2.75) is 64.5 Å². The summed E-state index contributed by atoms with van der Waals surface area (Å²) in [5.41, 5.74) is 0.953. The quantitative estimate of drug-likeness (QED) is 0.607. The van der Waals surface area contributed by atoms with Gasteiger partial charge in [-0.05, 0) is 12.0 Å². The lowest BCUT2D eigenvalue weighted by Gasteiger charge is -2.16. The Bertz CT molecular complexity index is 395. The molecule has 0 radical (unpaired) electrons. The van der Waals surface area contributed by atoms with Crippen molar-refractivity contribution in [2.75, 3.05) is 6.61 Å². The standard InChI is InChI=1S/C18H29NO3/c1-2-3-4-5-6-10-13-17(14-20)19-18(21)22-15-16-11-8-7-9-12-16/h7-9,11-12,17,20H,2-6,10,13-15H2,1H3,(H,19,21). The zero-order valence-electron chi connectivity index (χ0n) is 13.6. The topological polar surface area (TPSA) is 58.6 Å². The number of nitrogens with one attached hydrogen (secondary N) is 1. The van der Waals surface area contributed by atoms with E-state index in [-0.39, 0.29) is 19.3 Å². The average Bonchev–Trinajstić information content (AvgIpc) is 2.56. The van der Waals surface area contributed by atoms with Crippen LogP contribution in [-0.4, -0.2) is 23.8 Å². The van der Waals surface area contributed by atoms with Gasteiger partial charge in [-0.1, -0.05) is 75.8 Å². The third-order valence-corrected chi connectivity index (χ3v) is 3.66.